The summed E-state index contributed by atoms with van der Waals surface area (Å²) in [5, 5.41) is 8.91. The maximum Gasteiger partial charge on any atom is 0.225 e. The van der Waals surface area contributed by atoms with Gasteiger partial charge in [0.15, 0.2) is 0 Å². The molecule has 2 bridgehead atoms. The fourth-order valence-corrected chi connectivity index (χ4v) is 4.27. The number of fused-ring (bicyclic) bond motifs is 2. The molecule has 3 heterocycles. The van der Waals surface area contributed by atoms with E-state index >= 15 is 0 Å². The molecule has 3 rings (SSSR count). The van der Waals surface area contributed by atoms with Gasteiger partial charge in [-0.1, -0.05) is 19.4 Å². The van der Waals surface area contributed by atoms with E-state index in [2.05, 4.69) is 35.1 Å². The Morgan fingerprint density at radius 3 is 3.05 bits per heavy atom. The molecule has 1 aromatic rings. The summed E-state index contributed by atoms with van der Waals surface area (Å²) >= 11 is 1.74. The SMILES string of the molecule is CCCC(NC(=O)C1CC2CCC1N2)c1cccs1. The van der Waals surface area contributed by atoms with Crippen LogP contribution < -0.4 is 10.6 Å². The standard InChI is InChI=1S/C15H22N2OS/c1-2-4-13(14-5-3-8-19-14)17-15(18)11-9-10-6-7-12(11)16-10/h3,5,8,10-13,16H,2,4,6-7,9H2,1H3,(H,17,18). The van der Waals surface area contributed by atoms with Gasteiger partial charge in [0, 0.05) is 17.0 Å². The molecular weight excluding hydrogens is 256 g/mol. The van der Waals surface area contributed by atoms with Gasteiger partial charge in [-0.2, -0.15) is 0 Å². The zero-order valence-corrected chi connectivity index (χ0v) is 12.2. The maximum atomic E-state index is 12.5. The Balaban J connectivity index is 1.63. The van der Waals surface area contributed by atoms with Crippen molar-refractivity contribution in [2.75, 3.05) is 0 Å². The van der Waals surface area contributed by atoms with Crippen LogP contribution in [0.5, 0.6) is 0 Å². The summed E-state index contributed by atoms with van der Waals surface area (Å²) in [4.78, 5) is 13.8. The van der Waals surface area contributed by atoms with Crippen molar-refractivity contribution in [3.8, 4) is 0 Å². The molecule has 0 aliphatic carbocycles. The van der Waals surface area contributed by atoms with Crippen molar-refractivity contribution in [1.82, 2.24) is 10.6 Å². The number of amides is 1. The van der Waals surface area contributed by atoms with Crippen molar-refractivity contribution < 1.29 is 4.79 Å². The first-order valence-corrected chi connectivity index (χ1v) is 8.25. The van der Waals surface area contributed by atoms with Gasteiger partial charge < -0.3 is 10.6 Å². The van der Waals surface area contributed by atoms with E-state index in [4.69, 9.17) is 0 Å². The predicted molar refractivity (Wildman–Crippen MR) is 78.2 cm³/mol. The lowest BCUT2D eigenvalue weighted by Crippen LogP contribution is -2.39. The second kappa shape index (κ2) is 5.63. The molecule has 2 aliphatic heterocycles. The highest BCUT2D eigenvalue weighted by Crippen LogP contribution is 2.34. The van der Waals surface area contributed by atoms with Crippen LogP contribution in [0.2, 0.25) is 0 Å². The van der Waals surface area contributed by atoms with Crippen LogP contribution in [0, 0.1) is 5.92 Å². The van der Waals surface area contributed by atoms with E-state index in [1.807, 2.05) is 0 Å². The summed E-state index contributed by atoms with van der Waals surface area (Å²) in [7, 11) is 0. The van der Waals surface area contributed by atoms with Gasteiger partial charge in [-0.3, -0.25) is 4.79 Å². The smallest absolute Gasteiger partial charge is 0.225 e. The number of nitrogens with one attached hydrogen (secondary N) is 2. The average Bonchev–Trinajstić information content (AvgIpc) is 3.14. The Labute approximate surface area is 118 Å². The molecular formula is C15H22N2OS. The number of carbonyl (C=O) groups is 1. The predicted octanol–water partition coefficient (Wildman–Crippen LogP) is 2.85. The molecule has 4 atom stereocenters. The molecule has 1 aromatic heterocycles. The monoisotopic (exact) mass is 278 g/mol. The highest BCUT2D eigenvalue weighted by Gasteiger charge is 2.43. The lowest BCUT2D eigenvalue weighted by atomic mass is 9.88. The summed E-state index contributed by atoms with van der Waals surface area (Å²) in [6.45, 7) is 2.17. The third kappa shape index (κ3) is 2.70. The second-order valence-electron chi connectivity index (χ2n) is 5.75. The lowest BCUT2D eigenvalue weighted by molar-refractivity contribution is -0.126. The number of hydrogen-bond acceptors (Lipinski definition) is 3. The zero-order valence-electron chi connectivity index (χ0n) is 11.4. The van der Waals surface area contributed by atoms with Gasteiger partial charge in [0.25, 0.3) is 0 Å². The van der Waals surface area contributed by atoms with Gasteiger partial charge in [0.1, 0.15) is 0 Å². The second-order valence-corrected chi connectivity index (χ2v) is 6.73. The van der Waals surface area contributed by atoms with E-state index in [0.717, 1.165) is 19.3 Å². The molecule has 0 spiro atoms. The lowest BCUT2D eigenvalue weighted by Gasteiger charge is -2.23. The van der Waals surface area contributed by atoms with Crippen molar-refractivity contribution in [1.29, 1.82) is 0 Å². The molecule has 19 heavy (non-hydrogen) atoms. The van der Waals surface area contributed by atoms with Crippen LogP contribution in [0.15, 0.2) is 17.5 Å². The molecule has 4 heteroatoms. The van der Waals surface area contributed by atoms with Crippen LogP contribution in [0.3, 0.4) is 0 Å². The van der Waals surface area contributed by atoms with Gasteiger partial charge in [0.2, 0.25) is 5.91 Å². The number of carbonyl (C=O) groups excluding carboxylic acids is 1. The highest BCUT2D eigenvalue weighted by atomic mass is 32.1. The minimum absolute atomic E-state index is 0.193. The van der Waals surface area contributed by atoms with E-state index in [1.165, 1.54) is 17.7 Å². The van der Waals surface area contributed by atoms with Crippen molar-refractivity contribution >= 4 is 17.2 Å². The molecule has 0 aromatic carbocycles. The Bertz CT molecular complexity index is 431. The largest absolute Gasteiger partial charge is 0.348 e. The fourth-order valence-electron chi connectivity index (χ4n) is 3.46. The van der Waals surface area contributed by atoms with E-state index in [-0.39, 0.29) is 17.9 Å². The number of hydrogen-bond donors (Lipinski definition) is 2. The molecule has 4 unspecified atom stereocenters. The Hall–Kier alpha value is -0.870. The van der Waals surface area contributed by atoms with E-state index < -0.39 is 0 Å². The van der Waals surface area contributed by atoms with Crippen molar-refractivity contribution in [2.24, 2.45) is 5.92 Å². The van der Waals surface area contributed by atoms with E-state index in [9.17, 15) is 4.79 Å². The summed E-state index contributed by atoms with van der Waals surface area (Å²) in [6.07, 6.45) is 5.57. The average molecular weight is 278 g/mol. The number of rotatable bonds is 5. The first-order chi connectivity index (χ1) is 9.28. The third-order valence-corrected chi connectivity index (χ3v) is 5.40. The quantitative estimate of drug-likeness (QED) is 0.869. The van der Waals surface area contributed by atoms with Crippen LogP contribution in [0.25, 0.3) is 0 Å². The summed E-state index contributed by atoms with van der Waals surface area (Å²) < 4.78 is 0. The van der Waals surface area contributed by atoms with Crippen molar-refractivity contribution in [3.63, 3.8) is 0 Å². The molecule has 2 aliphatic rings. The molecule has 1 amide bonds. The van der Waals surface area contributed by atoms with Crippen LogP contribution in [0.4, 0.5) is 0 Å². The summed E-state index contributed by atoms with van der Waals surface area (Å²) in [5.41, 5.74) is 0. The molecule has 3 nitrogen and oxygen atoms in total. The third-order valence-electron chi connectivity index (χ3n) is 4.42. The van der Waals surface area contributed by atoms with E-state index in [0.29, 0.717) is 12.1 Å². The molecule has 104 valence electrons. The maximum absolute atomic E-state index is 12.5. The topological polar surface area (TPSA) is 41.1 Å². The molecule has 2 N–H and O–H groups in total. The Morgan fingerprint density at radius 1 is 1.58 bits per heavy atom. The normalized spacial score (nSPS) is 30.5. The van der Waals surface area contributed by atoms with Gasteiger partial charge >= 0.3 is 0 Å². The Morgan fingerprint density at radius 2 is 2.47 bits per heavy atom. The molecule has 2 saturated heterocycles. The van der Waals surface area contributed by atoms with Crippen LogP contribution in [-0.4, -0.2) is 18.0 Å². The first kappa shape index (κ1) is 13.1. The Kier molecular flexibility index (Phi) is 3.89. The molecule has 2 fully saturated rings. The number of thiophene rings is 1. The van der Waals surface area contributed by atoms with Gasteiger partial charge in [-0.05, 0) is 37.1 Å². The van der Waals surface area contributed by atoms with Crippen LogP contribution in [-0.2, 0) is 4.79 Å². The summed E-state index contributed by atoms with van der Waals surface area (Å²) in [6, 6.07) is 5.41. The molecule has 0 saturated carbocycles. The van der Waals surface area contributed by atoms with E-state index in [1.54, 1.807) is 11.3 Å². The van der Waals surface area contributed by atoms with Gasteiger partial charge in [-0.15, -0.1) is 11.3 Å². The van der Waals surface area contributed by atoms with Gasteiger partial charge in [-0.25, -0.2) is 0 Å². The minimum Gasteiger partial charge on any atom is -0.348 e. The van der Waals surface area contributed by atoms with Gasteiger partial charge in [0.05, 0.1) is 12.0 Å². The zero-order chi connectivity index (χ0) is 13.2. The molecule has 0 radical (unpaired) electrons. The van der Waals surface area contributed by atoms with Crippen molar-refractivity contribution in [3.05, 3.63) is 22.4 Å². The first-order valence-electron chi connectivity index (χ1n) is 7.37. The summed E-state index contributed by atoms with van der Waals surface area (Å²) in [5.74, 6) is 0.449. The van der Waals surface area contributed by atoms with Crippen LogP contribution in [0.1, 0.15) is 49.9 Å². The van der Waals surface area contributed by atoms with Crippen molar-refractivity contribution in [2.45, 2.75) is 57.2 Å². The minimum atomic E-state index is 0.193. The highest BCUT2D eigenvalue weighted by molar-refractivity contribution is 7.10. The van der Waals surface area contributed by atoms with Crippen LogP contribution >= 0.6 is 11.3 Å². The fraction of sp³-hybridized carbons (Fsp3) is 0.667.